The summed E-state index contributed by atoms with van der Waals surface area (Å²) >= 11 is 1.63. The van der Waals surface area contributed by atoms with E-state index in [4.69, 9.17) is 4.74 Å². The molecule has 138 valence electrons. The molecular formula is C19H24N4O2S. The van der Waals surface area contributed by atoms with Crippen molar-refractivity contribution in [3.05, 3.63) is 40.3 Å². The predicted octanol–water partition coefficient (Wildman–Crippen LogP) is 2.51. The van der Waals surface area contributed by atoms with Crippen LogP contribution in [0.2, 0.25) is 0 Å². The number of carbonyl (C=O) groups excluding carboxylic acids is 1. The zero-order valence-corrected chi connectivity index (χ0v) is 15.8. The molecule has 2 saturated heterocycles. The van der Waals surface area contributed by atoms with Gasteiger partial charge in [0, 0.05) is 25.5 Å². The molecule has 1 atom stereocenters. The van der Waals surface area contributed by atoms with Crippen molar-refractivity contribution in [3.63, 3.8) is 0 Å². The van der Waals surface area contributed by atoms with Crippen LogP contribution < -0.4 is 5.32 Å². The molecule has 2 fully saturated rings. The number of nitrogens with one attached hydrogen (secondary N) is 1. The lowest BCUT2D eigenvalue weighted by Gasteiger charge is -2.50. The second-order valence-corrected chi connectivity index (χ2v) is 8.04. The Morgan fingerprint density at radius 1 is 1.42 bits per heavy atom. The van der Waals surface area contributed by atoms with E-state index in [1.54, 1.807) is 11.3 Å². The standard InChI is InChI=1S/C19H24N4O2S/c1-14-9-21-18(22-10-14)20-5-2-16-3-6-25-19(16)12-23(13-19)17(24)8-15-4-7-26-11-15/h4,7,9-11,16H,2-3,5-6,8,12-13H2,1H3,(H,20,21,22)/t16-/m0/s1. The van der Waals surface area contributed by atoms with Crippen molar-refractivity contribution in [3.8, 4) is 0 Å². The summed E-state index contributed by atoms with van der Waals surface area (Å²) in [6, 6.07) is 2.02. The Morgan fingerprint density at radius 3 is 2.96 bits per heavy atom. The van der Waals surface area contributed by atoms with Crippen molar-refractivity contribution in [2.45, 2.75) is 31.8 Å². The van der Waals surface area contributed by atoms with E-state index in [1.165, 1.54) is 0 Å². The van der Waals surface area contributed by atoms with Crippen molar-refractivity contribution in [1.82, 2.24) is 14.9 Å². The molecule has 2 aliphatic heterocycles. The van der Waals surface area contributed by atoms with Gasteiger partial charge in [-0.05, 0) is 53.6 Å². The van der Waals surface area contributed by atoms with E-state index in [0.29, 0.717) is 18.3 Å². The van der Waals surface area contributed by atoms with Crippen LogP contribution >= 0.6 is 11.3 Å². The monoisotopic (exact) mass is 372 g/mol. The first-order valence-corrected chi connectivity index (χ1v) is 10.0. The van der Waals surface area contributed by atoms with Gasteiger partial charge in [0.1, 0.15) is 5.60 Å². The van der Waals surface area contributed by atoms with Crippen LogP contribution in [-0.2, 0) is 16.0 Å². The summed E-state index contributed by atoms with van der Waals surface area (Å²) in [5.74, 6) is 1.35. The van der Waals surface area contributed by atoms with Crippen molar-refractivity contribution >= 4 is 23.2 Å². The van der Waals surface area contributed by atoms with Crippen molar-refractivity contribution in [1.29, 1.82) is 0 Å². The van der Waals surface area contributed by atoms with Crippen LogP contribution in [0.1, 0.15) is 24.0 Å². The number of nitrogens with zero attached hydrogens (tertiary/aromatic N) is 3. The fourth-order valence-electron chi connectivity index (χ4n) is 3.84. The Balaban J connectivity index is 1.26. The molecule has 0 radical (unpaired) electrons. The number of carbonyl (C=O) groups is 1. The van der Waals surface area contributed by atoms with Gasteiger partial charge in [-0.15, -0.1) is 0 Å². The van der Waals surface area contributed by atoms with Crippen molar-refractivity contribution in [2.75, 3.05) is 31.6 Å². The van der Waals surface area contributed by atoms with Crippen molar-refractivity contribution in [2.24, 2.45) is 5.92 Å². The number of likely N-dealkylation sites (tertiary alicyclic amines) is 1. The maximum Gasteiger partial charge on any atom is 0.227 e. The first kappa shape index (κ1) is 17.4. The highest BCUT2D eigenvalue weighted by atomic mass is 32.1. The summed E-state index contributed by atoms with van der Waals surface area (Å²) in [5, 5.41) is 7.35. The number of amides is 1. The molecule has 2 aliphatic rings. The topological polar surface area (TPSA) is 67.4 Å². The van der Waals surface area contributed by atoms with E-state index in [2.05, 4.69) is 15.3 Å². The molecular weight excluding hydrogens is 348 g/mol. The predicted molar refractivity (Wildman–Crippen MR) is 101 cm³/mol. The third-order valence-corrected chi connectivity index (χ3v) is 6.09. The van der Waals surface area contributed by atoms with Gasteiger partial charge >= 0.3 is 0 Å². The van der Waals surface area contributed by atoms with Crippen LogP contribution in [0.15, 0.2) is 29.2 Å². The summed E-state index contributed by atoms with van der Waals surface area (Å²) in [4.78, 5) is 22.9. The highest BCUT2D eigenvalue weighted by Crippen LogP contribution is 2.41. The number of ether oxygens (including phenoxy) is 1. The Labute approximate surface area is 157 Å². The highest BCUT2D eigenvalue weighted by Gasteiger charge is 2.53. The lowest BCUT2D eigenvalue weighted by Crippen LogP contribution is -2.66. The minimum Gasteiger partial charge on any atom is -0.371 e. The minimum atomic E-state index is -0.139. The van der Waals surface area contributed by atoms with E-state index < -0.39 is 0 Å². The molecule has 7 heteroatoms. The van der Waals surface area contributed by atoms with E-state index in [9.17, 15) is 4.79 Å². The van der Waals surface area contributed by atoms with E-state index >= 15 is 0 Å². The molecule has 0 saturated carbocycles. The molecule has 2 aromatic rings. The molecule has 2 aromatic heterocycles. The number of rotatable bonds is 6. The Kier molecular flexibility index (Phi) is 4.91. The van der Waals surface area contributed by atoms with Crippen LogP contribution in [0.3, 0.4) is 0 Å². The normalized spacial score (nSPS) is 21.0. The average Bonchev–Trinajstić information content (AvgIpc) is 3.25. The SMILES string of the molecule is Cc1cnc(NCC[C@H]2CCOC23CN(C(=O)Cc2ccsc2)C3)nc1. The smallest absolute Gasteiger partial charge is 0.227 e. The maximum atomic E-state index is 12.4. The zero-order chi connectivity index (χ0) is 18.0. The number of aromatic nitrogens is 2. The van der Waals surface area contributed by atoms with Crippen LogP contribution in [0, 0.1) is 12.8 Å². The molecule has 6 nitrogen and oxygen atoms in total. The summed E-state index contributed by atoms with van der Waals surface area (Å²) in [6.07, 6.45) is 6.19. The van der Waals surface area contributed by atoms with E-state index in [0.717, 1.165) is 50.2 Å². The lowest BCUT2D eigenvalue weighted by molar-refractivity contribution is -0.164. The minimum absolute atomic E-state index is 0.139. The van der Waals surface area contributed by atoms with Crippen LogP contribution in [-0.4, -0.2) is 52.6 Å². The van der Waals surface area contributed by atoms with Gasteiger partial charge in [0.2, 0.25) is 11.9 Å². The molecule has 4 rings (SSSR count). The van der Waals surface area contributed by atoms with Gasteiger partial charge in [-0.25, -0.2) is 9.97 Å². The first-order chi connectivity index (χ1) is 12.6. The molecule has 1 spiro atoms. The second kappa shape index (κ2) is 7.32. The van der Waals surface area contributed by atoms with Gasteiger partial charge in [0.05, 0.1) is 19.5 Å². The van der Waals surface area contributed by atoms with Gasteiger partial charge in [-0.2, -0.15) is 11.3 Å². The molecule has 0 bridgehead atoms. The van der Waals surface area contributed by atoms with Gasteiger partial charge in [0.15, 0.2) is 0 Å². The summed E-state index contributed by atoms with van der Waals surface area (Å²) in [6.45, 7) is 5.04. The Morgan fingerprint density at radius 2 is 2.23 bits per heavy atom. The van der Waals surface area contributed by atoms with Crippen LogP contribution in [0.4, 0.5) is 5.95 Å². The first-order valence-electron chi connectivity index (χ1n) is 9.10. The highest BCUT2D eigenvalue weighted by molar-refractivity contribution is 7.08. The third-order valence-electron chi connectivity index (χ3n) is 5.36. The third kappa shape index (κ3) is 3.59. The van der Waals surface area contributed by atoms with E-state index in [1.807, 2.05) is 41.0 Å². The molecule has 0 aromatic carbocycles. The summed E-state index contributed by atoms with van der Waals surface area (Å²) < 4.78 is 6.07. The van der Waals surface area contributed by atoms with Gasteiger partial charge in [-0.3, -0.25) is 4.79 Å². The quantitative estimate of drug-likeness (QED) is 0.844. The summed E-state index contributed by atoms with van der Waals surface area (Å²) in [5.41, 5.74) is 2.02. The number of hydrogen-bond acceptors (Lipinski definition) is 6. The molecule has 26 heavy (non-hydrogen) atoms. The number of hydrogen-bond donors (Lipinski definition) is 1. The lowest BCUT2D eigenvalue weighted by atomic mass is 9.78. The molecule has 0 unspecified atom stereocenters. The van der Waals surface area contributed by atoms with Gasteiger partial charge in [0.25, 0.3) is 0 Å². The van der Waals surface area contributed by atoms with Crippen molar-refractivity contribution < 1.29 is 9.53 Å². The summed E-state index contributed by atoms with van der Waals surface area (Å²) in [7, 11) is 0. The molecule has 4 heterocycles. The molecule has 1 N–H and O–H groups in total. The largest absolute Gasteiger partial charge is 0.371 e. The molecule has 0 aliphatic carbocycles. The maximum absolute atomic E-state index is 12.4. The Hall–Kier alpha value is -1.99. The van der Waals surface area contributed by atoms with Crippen LogP contribution in [0.25, 0.3) is 0 Å². The average molecular weight is 372 g/mol. The zero-order valence-electron chi connectivity index (χ0n) is 15.0. The molecule has 1 amide bonds. The fraction of sp³-hybridized carbons (Fsp3) is 0.526. The number of anilines is 1. The van der Waals surface area contributed by atoms with E-state index in [-0.39, 0.29) is 11.5 Å². The second-order valence-electron chi connectivity index (χ2n) is 7.26. The van der Waals surface area contributed by atoms with Crippen LogP contribution in [0.5, 0.6) is 0 Å². The number of thiophene rings is 1. The number of aryl methyl sites for hydroxylation is 1. The Bertz CT molecular complexity index is 741. The fourth-order valence-corrected chi connectivity index (χ4v) is 4.51. The van der Waals surface area contributed by atoms with Gasteiger partial charge in [-0.1, -0.05) is 0 Å². The van der Waals surface area contributed by atoms with Gasteiger partial charge < -0.3 is 15.0 Å².